The Morgan fingerprint density at radius 2 is 1.89 bits per heavy atom. The van der Waals surface area contributed by atoms with Crippen LogP contribution in [0, 0.1) is 0 Å². The Morgan fingerprint density at radius 1 is 1.11 bits per heavy atom. The summed E-state index contributed by atoms with van der Waals surface area (Å²) in [4.78, 5) is 14.7. The van der Waals surface area contributed by atoms with Gasteiger partial charge in [-0.05, 0) is 40.8 Å². The molecular formula is C15H14N2O. The van der Waals surface area contributed by atoms with Crippen molar-refractivity contribution in [3.05, 3.63) is 58.5 Å². The predicted molar refractivity (Wildman–Crippen MR) is 74.8 cm³/mol. The molecule has 1 aromatic heterocycles. The maximum absolute atomic E-state index is 12.0. The summed E-state index contributed by atoms with van der Waals surface area (Å²) >= 11 is 0. The van der Waals surface area contributed by atoms with Crippen LogP contribution in [0.3, 0.4) is 0 Å². The number of pyridine rings is 1. The SMILES string of the molecule is NCCc1cc2cc[nH]c(=O)c2c2ccccc12. The third-order valence-electron chi connectivity index (χ3n) is 3.28. The minimum absolute atomic E-state index is 0.0389. The Labute approximate surface area is 104 Å². The second-order valence-electron chi connectivity index (χ2n) is 4.39. The van der Waals surface area contributed by atoms with Gasteiger partial charge >= 0.3 is 0 Å². The number of hydrogen-bond donors (Lipinski definition) is 2. The summed E-state index contributed by atoms with van der Waals surface area (Å²) in [5.41, 5.74) is 6.82. The van der Waals surface area contributed by atoms with Crippen LogP contribution in [0.5, 0.6) is 0 Å². The maximum atomic E-state index is 12.0. The van der Waals surface area contributed by atoms with E-state index in [9.17, 15) is 4.79 Å². The molecule has 0 radical (unpaired) electrons. The van der Waals surface area contributed by atoms with Crippen LogP contribution in [0.15, 0.2) is 47.4 Å². The lowest BCUT2D eigenvalue weighted by atomic mass is 9.97. The van der Waals surface area contributed by atoms with Gasteiger partial charge in [-0.2, -0.15) is 0 Å². The first-order chi connectivity index (χ1) is 8.81. The van der Waals surface area contributed by atoms with E-state index in [0.29, 0.717) is 6.54 Å². The topological polar surface area (TPSA) is 58.9 Å². The first-order valence-corrected chi connectivity index (χ1v) is 6.03. The number of rotatable bonds is 2. The molecule has 0 spiro atoms. The van der Waals surface area contributed by atoms with Gasteiger partial charge in [0.05, 0.1) is 5.39 Å². The molecule has 3 rings (SSSR count). The minimum Gasteiger partial charge on any atom is -0.330 e. The van der Waals surface area contributed by atoms with Crippen molar-refractivity contribution in [3.8, 4) is 0 Å². The number of fused-ring (bicyclic) bond motifs is 3. The molecule has 0 saturated heterocycles. The van der Waals surface area contributed by atoms with E-state index in [0.717, 1.165) is 28.0 Å². The number of aromatic amines is 1. The van der Waals surface area contributed by atoms with Crippen LogP contribution in [-0.4, -0.2) is 11.5 Å². The third-order valence-corrected chi connectivity index (χ3v) is 3.28. The molecule has 0 bridgehead atoms. The summed E-state index contributed by atoms with van der Waals surface area (Å²) in [6.45, 7) is 0.610. The normalized spacial score (nSPS) is 11.2. The number of aromatic nitrogens is 1. The molecule has 0 aliphatic rings. The van der Waals surface area contributed by atoms with Crippen LogP contribution in [0.4, 0.5) is 0 Å². The highest BCUT2D eigenvalue weighted by Gasteiger charge is 2.07. The third kappa shape index (κ3) is 1.60. The van der Waals surface area contributed by atoms with E-state index in [2.05, 4.69) is 11.1 Å². The first kappa shape index (κ1) is 11.0. The lowest BCUT2D eigenvalue weighted by Gasteiger charge is -2.08. The van der Waals surface area contributed by atoms with Gasteiger partial charge in [0.25, 0.3) is 5.56 Å². The van der Waals surface area contributed by atoms with E-state index in [4.69, 9.17) is 5.73 Å². The minimum atomic E-state index is -0.0389. The molecule has 3 heteroatoms. The maximum Gasteiger partial charge on any atom is 0.256 e. The summed E-state index contributed by atoms with van der Waals surface area (Å²) in [5, 5.41) is 3.85. The predicted octanol–water partition coefficient (Wildman–Crippen LogP) is 2.18. The van der Waals surface area contributed by atoms with E-state index < -0.39 is 0 Å². The van der Waals surface area contributed by atoms with Crippen LogP contribution in [0.2, 0.25) is 0 Å². The number of hydrogen-bond acceptors (Lipinski definition) is 2. The highest BCUT2D eigenvalue weighted by molar-refractivity contribution is 6.08. The Balaban J connectivity index is 2.54. The monoisotopic (exact) mass is 238 g/mol. The molecule has 3 aromatic rings. The van der Waals surface area contributed by atoms with Gasteiger partial charge in [-0.15, -0.1) is 0 Å². The molecule has 0 aliphatic heterocycles. The van der Waals surface area contributed by atoms with Crippen molar-refractivity contribution < 1.29 is 0 Å². The largest absolute Gasteiger partial charge is 0.330 e. The Bertz CT molecular complexity index is 774. The molecule has 0 atom stereocenters. The van der Waals surface area contributed by atoms with Crippen LogP contribution in [0.1, 0.15) is 5.56 Å². The molecule has 0 amide bonds. The zero-order valence-electron chi connectivity index (χ0n) is 9.94. The number of nitrogens with two attached hydrogens (primary N) is 1. The van der Waals surface area contributed by atoms with E-state index in [-0.39, 0.29) is 5.56 Å². The first-order valence-electron chi connectivity index (χ1n) is 6.03. The van der Waals surface area contributed by atoms with Gasteiger partial charge in [0.15, 0.2) is 0 Å². The zero-order chi connectivity index (χ0) is 12.5. The van der Waals surface area contributed by atoms with Crippen molar-refractivity contribution in [1.29, 1.82) is 0 Å². The number of nitrogens with one attached hydrogen (secondary N) is 1. The summed E-state index contributed by atoms with van der Waals surface area (Å²) in [6, 6.07) is 12.0. The van der Waals surface area contributed by atoms with Gasteiger partial charge in [-0.25, -0.2) is 0 Å². The van der Waals surface area contributed by atoms with Crippen molar-refractivity contribution in [1.82, 2.24) is 4.98 Å². The quantitative estimate of drug-likeness (QED) is 0.672. The molecule has 0 saturated carbocycles. The smallest absolute Gasteiger partial charge is 0.256 e. The fraction of sp³-hybridized carbons (Fsp3) is 0.133. The standard InChI is InChI=1S/C15H14N2O/c16-7-5-10-9-11-6-8-17-15(18)14(11)13-4-2-1-3-12(10)13/h1-4,6,8-9H,5,7,16H2,(H,17,18). The van der Waals surface area contributed by atoms with Crippen LogP contribution >= 0.6 is 0 Å². The fourth-order valence-electron chi connectivity index (χ4n) is 2.50. The molecule has 3 nitrogen and oxygen atoms in total. The molecule has 18 heavy (non-hydrogen) atoms. The Kier molecular flexibility index (Phi) is 2.61. The second-order valence-corrected chi connectivity index (χ2v) is 4.39. The highest BCUT2D eigenvalue weighted by Crippen LogP contribution is 2.26. The average Bonchev–Trinajstić information content (AvgIpc) is 2.39. The van der Waals surface area contributed by atoms with Crippen molar-refractivity contribution in [3.63, 3.8) is 0 Å². The van der Waals surface area contributed by atoms with Gasteiger partial charge in [0.2, 0.25) is 0 Å². The van der Waals surface area contributed by atoms with Crippen LogP contribution in [0.25, 0.3) is 21.5 Å². The molecule has 0 aliphatic carbocycles. The van der Waals surface area contributed by atoms with Crippen molar-refractivity contribution in [2.75, 3.05) is 6.54 Å². The van der Waals surface area contributed by atoms with Gasteiger partial charge in [-0.1, -0.05) is 30.3 Å². The lowest BCUT2D eigenvalue weighted by molar-refractivity contribution is 0.979. The summed E-state index contributed by atoms with van der Waals surface area (Å²) < 4.78 is 0. The number of H-pyrrole nitrogens is 1. The zero-order valence-corrected chi connectivity index (χ0v) is 9.94. The molecule has 2 aromatic carbocycles. The van der Waals surface area contributed by atoms with Crippen LogP contribution in [-0.2, 0) is 6.42 Å². The lowest BCUT2D eigenvalue weighted by Crippen LogP contribution is -2.07. The summed E-state index contributed by atoms with van der Waals surface area (Å²) in [6.07, 6.45) is 2.51. The molecular weight excluding hydrogens is 224 g/mol. The van der Waals surface area contributed by atoms with E-state index in [1.807, 2.05) is 30.3 Å². The highest BCUT2D eigenvalue weighted by atomic mass is 16.1. The summed E-state index contributed by atoms with van der Waals surface area (Å²) in [5.74, 6) is 0. The number of benzene rings is 2. The van der Waals surface area contributed by atoms with Crippen molar-refractivity contribution >= 4 is 21.5 Å². The van der Waals surface area contributed by atoms with Crippen molar-refractivity contribution in [2.45, 2.75) is 6.42 Å². The molecule has 1 heterocycles. The average molecular weight is 238 g/mol. The van der Waals surface area contributed by atoms with Crippen LogP contribution < -0.4 is 11.3 Å². The Morgan fingerprint density at radius 3 is 2.67 bits per heavy atom. The van der Waals surface area contributed by atoms with Crippen molar-refractivity contribution in [2.24, 2.45) is 5.73 Å². The Hall–Kier alpha value is -2.13. The fourth-order valence-corrected chi connectivity index (χ4v) is 2.50. The van der Waals surface area contributed by atoms with Gasteiger partial charge in [0, 0.05) is 6.20 Å². The molecule has 3 N–H and O–H groups in total. The molecule has 0 unspecified atom stereocenters. The van der Waals surface area contributed by atoms with E-state index >= 15 is 0 Å². The second kappa shape index (κ2) is 4.27. The summed E-state index contributed by atoms with van der Waals surface area (Å²) in [7, 11) is 0. The van der Waals surface area contributed by atoms with E-state index in [1.54, 1.807) is 6.20 Å². The van der Waals surface area contributed by atoms with Gasteiger partial charge in [-0.3, -0.25) is 4.79 Å². The molecule has 0 fully saturated rings. The van der Waals surface area contributed by atoms with E-state index in [1.165, 1.54) is 5.56 Å². The van der Waals surface area contributed by atoms with Gasteiger partial charge < -0.3 is 10.7 Å². The van der Waals surface area contributed by atoms with Gasteiger partial charge in [0.1, 0.15) is 0 Å². The molecule has 90 valence electrons.